The molecule has 2 aliphatic rings. The van der Waals surface area contributed by atoms with E-state index >= 15 is 0 Å². The minimum Gasteiger partial charge on any atom is -0.321 e. The van der Waals surface area contributed by atoms with E-state index in [0.717, 1.165) is 22.7 Å². The zero-order chi connectivity index (χ0) is 21.4. The first-order valence-electron chi connectivity index (χ1n) is 9.40. The fraction of sp³-hybridized carbons (Fsp3) is 0.238. The summed E-state index contributed by atoms with van der Waals surface area (Å²) in [5.41, 5.74) is 2.48. The number of hydrogen-bond donors (Lipinski definition) is 2. The first-order chi connectivity index (χ1) is 14.3. The van der Waals surface area contributed by atoms with Crippen LogP contribution < -0.4 is 16.6 Å². The van der Waals surface area contributed by atoms with Crippen molar-refractivity contribution in [3.63, 3.8) is 0 Å². The summed E-state index contributed by atoms with van der Waals surface area (Å²) in [5, 5.41) is 3.10. The molecule has 4 rings (SSSR count). The van der Waals surface area contributed by atoms with Crippen molar-refractivity contribution in [2.45, 2.75) is 26.9 Å². The summed E-state index contributed by atoms with van der Waals surface area (Å²) in [5.74, 6) is -1.06. The van der Waals surface area contributed by atoms with Crippen LogP contribution >= 0.6 is 0 Å². The number of nitrogens with zero attached hydrogens (tertiary/aromatic N) is 3. The number of halogens is 2. The highest BCUT2D eigenvalue weighted by atomic mass is 19.1. The van der Waals surface area contributed by atoms with E-state index in [1.165, 1.54) is 12.1 Å². The maximum absolute atomic E-state index is 13.8. The van der Waals surface area contributed by atoms with Crippen LogP contribution in [0.1, 0.15) is 16.7 Å². The summed E-state index contributed by atoms with van der Waals surface area (Å²) in [6.45, 7) is 4.87. The van der Waals surface area contributed by atoms with Crippen molar-refractivity contribution >= 4 is 11.0 Å². The molecule has 0 fully saturated rings. The number of nitrogens with one attached hydrogen (secondary N) is 2. The fourth-order valence-electron chi connectivity index (χ4n) is 3.36. The lowest BCUT2D eigenvalue weighted by atomic mass is 10.1. The third-order valence-corrected chi connectivity index (χ3v) is 5.07. The molecular formula is C21H19F2N5O2. The van der Waals surface area contributed by atoms with Gasteiger partial charge >= 0.3 is 5.69 Å². The summed E-state index contributed by atoms with van der Waals surface area (Å²) >= 11 is 0. The Bertz CT molecular complexity index is 1350. The van der Waals surface area contributed by atoms with E-state index in [9.17, 15) is 18.4 Å². The van der Waals surface area contributed by atoms with E-state index in [-0.39, 0.29) is 18.1 Å². The van der Waals surface area contributed by atoms with Gasteiger partial charge in [0.05, 0.1) is 11.0 Å². The fourth-order valence-corrected chi connectivity index (χ4v) is 3.36. The first-order valence-corrected chi connectivity index (χ1v) is 9.40. The predicted octanol–water partition coefficient (Wildman–Crippen LogP) is 2.27. The van der Waals surface area contributed by atoms with Gasteiger partial charge in [0.15, 0.2) is 11.5 Å². The zero-order valence-electron chi connectivity index (χ0n) is 16.4. The van der Waals surface area contributed by atoms with Crippen LogP contribution in [0.4, 0.5) is 8.78 Å². The SMILES string of the molecule is Cc1cc2nc3c(=O)[nH]c(=O)nc-3n(CCNCc3ccc(F)cc3F)c2cc1C. The molecule has 2 heterocycles. The molecular weight excluding hydrogens is 392 g/mol. The first kappa shape index (κ1) is 19.8. The molecule has 2 aromatic carbocycles. The van der Waals surface area contributed by atoms with E-state index in [1.807, 2.05) is 26.0 Å². The number of benzene rings is 2. The van der Waals surface area contributed by atoms with Gasteiger partial charge in [0.25, 0.3) is 5.56 Å². The maximum Gasteiger partial charge on any atom is 0.349 e. The quantitative estimate of drug-likeness (QED) is 0.388. The van der Waals surface area contributed by atoms with Crippen LogP contribution in [0.5, 0.6) is 0 Å². The molecule has 0 bridgehead atoms. The van der Waals surface area contributed by atoms with Crippen molar-refractivity contribution < 1.29 is 8.78 Å². The third kappa shape index (κ3) is 3.71. The molecule has 154 valence electrons. The number of fused-ring (bicyclic) bond motifs is 2. The molecule has 9 heteroatoms. The van der Waals surface area contributed by atoms with Crippen LogP contribution in [0.25, 0.3) is 22.6 Å². The van der Waals surface area contributed by atoms with Gasteiger partial charge in [0, 0.05) is 31.3 Å². The molecule has 2 aliphatic heterocycles. The highest BCUT2D eigenvalue weighted by molar-refractivity contribution is 5.81. The van der Waals surface area contributed by atoms with Crippen molar-refractivity contribution in [2.24, 2.45) is 0 Å². The smallest absolute Gasteiger partial charge is 0.321 e. The van der Waals surface area contributed by atoms with E-state index in [2.05, 4.69) is 20.3 Å². The normalized spacial score (nSPS) is 11.5. The minimum absolute atomic E-state index is 0.0786. The van der Waals surface area contributed by atoms with Crippen molar-refractivity contribution in [2.75, 3.05) is 6.54 Å². The third-order valence-electron chi connectivity index (χ3n) is 5.07. The second kappa shape index (κ2) is 7.75. The Kier molecular flexibility index (Phi) is 5.13. The molecule has 0 spiro atoms. The van der Waals surface area contributed by atoms with Gasteiger partial charge in [-0.3, -0.25) is 9.78 Å². The average Bonchev–Trinajstić information content (AvgIpc) is 2.68. The van der Waals surface area contributed by atoms with E-state index in [0.29, 0.717) is 24.2 Å². The molecule has 0 aromatic heterocycles. The Hall–Kier alpha value is -3.46. The number of aryl methyl sites for hydroxylation is 2. The van der Waals surface area contributed by atoms with Gasteiger partial charge in [0.2, 0.25) is 0 Å². The summed E-state index contributed by atoms with van der Waals surface area (Å²) in [6, 6.07) is 7.25. The molecule has 0 aliphatic carbocycles. The second-order valence-electron chi connectivity index (χ2n) is 7.14. The zero-order valence-corrected chi connectivity index (χ0v) is 16.4. The molecule has 0 atom stereocenters. The van der Waals surface area contributed by atoms with Gasteiger partial charge in [-0.05, 0) is 43.2 Å². The Balaban J connectivity index is 1.69. The maximum atomic E-state index is 13.8. The van der Waals surface area contributed by atoms with Crippen LogP contribution in [-0.4, -0.2) is 26.1 Å². The van der Waals surface area contributed by atoms with Crippen LogP contribution in [0.2, 0.25) is 0 Å². The van der Waals surface area contributed by atoms with Crippen LogP contribution in [0, 0.1) is 25.5 Å². The monoisotopic (exact) mass is 411 g/mol. The van der Waals surface area contributed by atoms with Crippen molar-refractivity contribution in [1.82, 2.24) is 24.8 Å². The average molecular weight is 411 g/mol. The van der Waals surface area contributed by atoms with Gasteiger partial charge in [0.1, 0.15) is 11.6 Å². The Morgan fingerprint density at radius 2 is 1.83 bits per heavy atom. The summed E-state index contributed by atoms with van der Waals surface area (Å²) in [7, 11) is 0. The summed E-state index contributed by atoms with van der Waals surface area (Å²) < 4.78 is 28.6. The van der Waals surface area contributed by atoms with Crippen molar-refractivity contribution in [3.8, 4) is 11.5 Å². The van der Waals surface area contributed by atoms with Crippen LogP contribution in [0.15, 0.2) is 39.9 Å². The Morgan fingerprint density at radius 3 is 2.60 bits per heavy atom. The lowest BCUT2D eigenvalue weighted by Crippen LogP contribution is -2.30. The Morgan fingerprint density at radius 1 is 1.07 bits per heavy atom. The lowest BCUT2D eigenvalue weighted by molar-refractivity contribution is 0.550. The topological polar surface area (TPSA) is 92.7 Å². The molecule has 0 amide bonds. The molecule has 7 nitrogen and oxygen atoms in total. The van der Waals surface area contributed by atoms with Crippen LogP contribution in [0.3, 0.4) is 0 Å². The van der Waals surface area contributed by atoms with Gasteiger partial charge < -0.3 is 9.88 Å². The molecule has 2 N–H and O–H groups in total. The van der Waals surface area contributed by atoms with E-state index in [1.54, 1.807) is 4.57 Å². The number of H-pyrrole nitrogens is 1. The molecule has 0 radical (unpaired) electrons. The van der Waals surface area contributed by atoms with Gasteiger partial charge in [-0.1, -0.05) is 6.07 Å². The van der Waals surface area contributed by atoms with Crippen molar-refractivity contribution in [1.29, 1.82) is 0 Å². The minimum atomic E-state index is -0.743. The highest BCUT2D eigenvalue weighted by Crippen LogP contribution is 2.23. The summed E-state index contributed by atoms with van der Waals surface area (Å²) in [4.78, 5) is 34.6. The van der Waals surface area contributed by atoms with E-state index in [4.69, 9.17) is 0 Å². The molecule has 2 aromatic rings. The summed E-state index contributed by atoms with van der Waals surface area (Å²) in [6.07, 6.45) is 0. The highest BCUT2D eigenvalue weighted by Gasteiger charge is 2.19. The van der Waals surface area contributed by atoms with Crippen LogP contribution in [-0.2, 0) is 13.1 Å². The number of hydrogen-bond acceptors (Lipinski definition) is 5. The Labute approximate surface area is 169 Å². The molecule has 0 saturated heterocycles. The van der Waals surface area contributed by atoms with Crippen molar-refractivity contribution in [3.05, 3.63) is 79.5 Å². The largest absolute Gasteiger partial charge is 0.349 e. The number of rotatable bonds is 5. The second-order valence-corrected chi connectivity index (χ2v) is 7.14. The number of aromatic nitrogens is 4. The predicted molar refractivity (Wildman–Crippen MR) is 109 cm³/mol. The van der Waals surface area contributed by atoms with Gasteiger partial charge in [-0.2, -0.15) is 4.98 Å². The number of aromatic amines is 1. The van der Waals surface area contributed by atoms with Gasteiger partial charge in [-0.15, -0.1) is 0 Å². The van der Waals surface area contributed by atoms with E-state index < -0.39 is 22.9 Å². The standard InChI is InChI=1S/C21H19F2N5O2/c1-11-7-16-17(8-12(11)2)28(19-18(25-16)20(29)27-21(30)26-19)6-5-24-10-13-3-4-14(22)9-15(13)23/h3-4,7-9,24H,5-6,10H2,1-2H3,(H,27,29,30). The lowest BCUT2D eigenvalue weighted by Gasteiger charge is -2.18. The molecule has 0 saturated carbocycles. The molecule has 30 heavy (non-hydrogen) atoms. The molecule has 0 unspecified atom stereocenters. The van der Waals surface area contributed by atoms with Gasteiger partial charge in [-0.25, -0.2) is 18.6 Å².